The number of nitrogens with one attached hydrogen (secondary N) is 2. The van der Waals surface area contributed by atoms with Gasteiger partial charge in [0.2, 0.25) is 5.91 Å². The zero-order chi connectivity index (χ0) is 20.5. The van der Waals surface area contributed by atoms with Crippen molar-refractivity contribution < 1.29 is 19.6 Å². The number of carbonyl (C=O) groups excluding carboxylic acids is 2. The minimum atomic E-state index is -1.69. The van der Waals surface area contributed by atoms with Crippen LogP contribution in [0.15, 0.2) is 48.9 Å². The summed E-state index contributed by atoms with van der Waals surface area (Å²) < 4.78 is 0. The fraction of sp³-hybridized carbons (Fsp3) is 0.368. The van der Waals surface area contributed by atoms with Crippen molar-refractivity contribution in [2.24, 2.45) is 5.92 Å². The summed E-state index contributed by atoms with van der Waals surface area (Å²) in [5.41, 5.74) is 0.946. The van der Waals surface area contributed by atoms with Gasteiger partial charge in [-0.15, -0.1) is 0 Å². The Labute approximate surface area is 164 Å². The van der Waals surface area contributed by atoms with Crippen LogP contribution in [-0.4, -0.2) is 50.9 Å². The van der Waals surface area contributed by atoms with E-state index in [0.29, 0.717) is 6.42 Å². The topological polar surface area (TPSA) is 124 Å². The molecule has 0 radical (unpaired) electrons. The highest BCUT2D eigenvalue weighted by atomic mass is 16.4. The molecule has 2 aromatic rings. The van der Waals surface area contributed by atoms with Crippen LogP contribution in [0, 0.1) is 5.92 Å². The van der Waals surface area contributed by atoms with Gasteiger partial charge in [-0.25, -0.2) is 4.98 Å². The van der Waals surface area contributed by atoms with Gasteiger partial charge in [0.15, 0.2) is 0 Å². The number of benzene rings is 1. The zero-order valence-electron chi connectivity index (χ0n) is 15.9. The molecule has 1 aromatic heterocycles. The fourth-order valence-electron chi connectivity index (χ4n) is 2.75. The molecule has 2 atom stereocenters. The van der Waals surface area contributed by atoms with Gasteiger partial charge in [0, 0.05) is 18.8 Å². The summed E-state index contributed by atoms with van der Waals surface area (Å²) in [6.07, 6.45) is 4.78. The molecular weight excluding hydrogens is 359 g/mol. The Morgan fingerprint density at radius 1 is 1.11 bits per heavy atom. The molecule has 0 aliphatic rings. The van der Waals surface area contributed by atoms with E-state index in [9.17, 15) is 19.6 Å². The van der Waals surface area contributed by atoms with Gasteiger partial charge in [-0.1, -0.05) is 44.2 Å². The summed E-state index contributed by atoms with van der Waals surface area (Å²) >= 11 is 0. The van der Waals surface area contributed by atoms with Gasteiger partial charge < -0.3 is 20.7 Å². The standard InChI is InChI=1S/C19H25BN4O4/c1-13(2)10-17(20(27)28)24-18(25)15(11-14-6-4-3-5-7-14)23-19(26)16-12-21-8-9-22-16/h3-9,12-13,15,17,27-28H,10-11H2,1-2H3,(H,23,26)(H,24,25)/t15-,17?/m0/s1. The van der Waals surface area contributed by atoms with Crippen LogP contribution in [-0.2, 0) is 11.2 Å². The van der Waals surface area contributed by atoms with E-state index in [2.05, 4.69) is 20.6 Å². The first-order valence-electron chi connectivity index (χ1n) is 9.14. The quantitative estimate of drug-likeness (QED) is 0.463. The molecule has 8 nitrogen and oxygen atoms in total. The lowest BCUT2D eigenvalue weighted by Crippen LogP contribution is -2.55. The maximum absolute atomic E-state index is 12.8. The first kappa shape index (κ1) is 21.5. The number of rotatable bonds is 9. The SMILES string of the molecule is CC(C)CC(NC(=O)[C@H](Cc1ccccc1)NC(=O)c1cnccn1)B(O)O. The first-order chi connectivity index (χ1) is 13.4. The summed E-state index contributed by atoms with van der Waals surface area (Å²) in [5.74, 6) is -1.72. The molecule has 1 aromatic carbocycles. The fourth-order valence-corrected chi connectivity index (χ4v) is 2.75. The van der Waals surface area contributed by atoms with Crippen molar-refractivity contribution in [2.45, 2.75) is 38.7 Å². The number of nitrogens with zero attached hydrogens (tertiary/aromatic N) is 2. The zero-order valence-corrected chi connectivity index (χ0v) is 15.9. The largest absolute Gasteiger partial charge is 0.475 e. The van der Waals surface area contributed by atoms with Crippen molar-refractivity contribution in [3.05, 3.63) is 60.2 Å². The lowest BCUT2D eigenvalue weighted by molar-refractivity contribution is -0.123. The van der Waals surface area contributed by atoms with Crippen LogP contribution in [0.2, 0.25) is 0 Å². The first-order valence-corrected chi connectivity index (χ1v) is 9.14. The molecule has 4 N–H and O–H groups in total. The van der Waals surface area contributed by atoms with E-state index < -0.39 is 30.9 Å². The normalized spacial score (nSPS) is 12.9. The highest BCUT2D eigenvalue weighted by molar-refractivity contribution is 6.43. The predicted octanol–water partition coefficient (Wildman–Crippen LogP) is 0.361. The molecule has 0 aliphatic carbocycles. The van der Waals surface area contributed by atoms with Gasteiger partial charge in [-0.3, -0.25) is 14.6 Å². The smallest absolute Gasteiger partial charge is 0.426 e. The van der Waals surface area contributed by atoms with Gasteiger partial charge in [-0.05, 0) is 17.9 Å². The highest BCUT2D eigenvalue weighted by Crippen LogP contribution is 2.09. The third kappa shape index (κ3) is 6.75. The van der Waals surface area contributed by atoms with E-state index in [-0.39, 0.29) is 18.0 Å². The molecule has 0 saturated heterocycles. The Kier molecular flexibility index (Phi) is 8.10. The molecule has 0 aliphatic heterocycles. The number of amides is 2. The van der Waals surface area contributed by atoms with Gasteiger partial charge >= 0.3 is 7.12 Å². The third-order valence-corrected chi connectivity index (χ3v) is 4.11. The minimum Gasteiger partial charge on any atom is -0.426 e. The molecule has 1 heterocycles. The van der Waals surface area contributed by atoms with Crippen molar-refractivity contribution in [3.63, 3.8) is 0 Å². The van der Waals surface area contributed by atoms with E-state index >= 15 is 0 Å². The van der Waals surface area contributed by atoms with Crippen molar-refractivity contribution in [3.8, 4) is 0 Å². The van der Waals surface area contributed by atoms with Crippen LogP contribution in [0.25, 0.3) is 0 Å². The van der Waals surface area contributed by atoms with Crippen molar-refractivity contribution in [1.82, 2.24) is 20.6 Å². The monoisotopic (exact) mass is 384 g/mol. The Morgan fingerprint density at radius 2 is 1.82 bits per heavy atom. The molecule has 0 spiro atoms. The molecule has 2 rings (SSSR count). The summed E-state index contributed by atoms with van der Waals surface area (Å²) in [4.78, 5) is 33.1. The second kappa shape index (κ2) is 10.5. The maximum atomic E-state index is 12.8. The van der Waals surface area contributed by atoms with Crippen molar-refractivity contribution in [1.29, 1.82) is 0 Å². The molecule has 9 heteroatoms. The van der Waals surface area contributed by atoms with E-state index in [1.54, 1.807) is 0 Å². The van der Waals surface area contributed by atoms with Crippen LogP contribution in [0.4, 0.5) is 0 Å². The molecule has 2 amide bonds. The minimum absolute atomic E-state index is 0.0919. The molecule has 0 bridgehead atoms. The van der Waals surface area contributed by atoms with Crippen molar-refractivity contribution >= 4 is 18.9 Å². The maximum Gasteiger partial charge on any atom is 0.475 e. The molecule has 0 saturated carbocycles. The van der Waals surface area contributed by atoms with Gasteiger partial charge in [-0.2, -0.15) is 0 Å². The van der Waals surface area contributed by atoms with Gasteiger partial charge in [0.1, 0.15) is 11.7 Å². The predicted molar refractivity (Wildman–Crippen MR) is 105 cm³/mol. The number of aromatic nitrogens is 2. The number of hydrogen-bond acceptors (Lipinski definition) is 6. The average Bonchev–Trinajstić information content (AvgIpc) is 2.68. The Balaban J connectivity index is 2.16. The van der Waals surface area contributed by atoms with E-state index in [4.69, 9.17) is 0 Å². The Hall–Kier alpha value is -2.78. The van der Waals surface area contributed by atoms with Crippen LogP contribution >= 0.6 is 0 Å². The third-order valence-electron chi connectivity index (χ3n) is 4.11. The Bertz CT molecular complexity index is 759. The molecule has 28 heavy (non-hydrogen) atoms. The van der Waals surface area contributed by atoms with Crippen molar-refractivity contribution in [2.75, 3.05) is 0 Å². The van der Waals surface area contributed by atoms with Gasteiger partial charge in [0.25, 0.3) is 5.91 Å². The van der Waals surface area contributed by atoms with Crippen LogP contribution < -0.4 is 10.6 Å². The molecule has 1 unspecified atom stereocenters. The summed E-state index contributed by atoms with van der Waals surface area (Å²) in [6.45, 7) is 3.83. The van der Waals surface area contributed by atoms with E-state index in [0.717, 1.165) is 5.56 Å². The molecule has 148 valence electrons. The second-order valence-corrected chi connectivity index (χ2v) is 6.96. The second-order valence-electron chi connectivity index (χ2n) is 6.96. The molecular formula is C19H25BN4O4. The number of hydrogen-bond donors (Lipinski definition) is 4. The summed E-state index contributed by atoms with van der Waals surface area (Å²) in [5, 5.41) is 24.5. The summed E-state index contributed by atoms with van der Waals surface area (Å²) in [6, 6.07) is 8.33. The Morgan fingerprint density at radius 3 is 2.39 bits per heavy atom. The highest BCUT2D eigenvalue weighted by Gasteiger charge is 2.30. The lowest BCUT2D eigenvalue weighted by atomic mass is 9.75. The van der Waals surface area contributed by atoms with Crippen LogP contribution in [0.1, 0.15) is 36.3 Å². The van der Waals surface area contributed by atoms with E-state index in [1.165, 1.54) is 18.6 Å². The number of carbonyl (C=O) groups is 2. The van der Waals surface area contributed by atoms with Crippen LogP contribution in [0.3, 0.4) is 0 Å². The summed E-state index contributed by atoms with van der Waals surface area (Å²) in [7, 11) is -1.69. The lowest BCUT2D eigenvalue weighted by Gasteiger charge is -2.24. The van der Waals surface area contributed by atoms with Gasteiger partial charge in [0.05, 0.1) is 12.1 Å². The van der Waals surface area contributed by atoms with E-state index in [1.807, 2.05) is 44.2 Å². The molecule has 0 fully saturated rings. The van der Waals surface area contributed by atoms with Crippen LogP contribution in [0.5, 0.6) is 0 Å². The average molecular weight is 384 g/mol.